The van der Waals surface area contributed by atoms with Crippen molar-refractivity contribution in [1.82, 2.24) is 5.32 Å². The average Bonchev–Trinajstić information content (AvgIpc) is 2.70. The largest absolute Gasteiger partial charge is 0.493 e. The summed E-state index contributed by atoms with van der Waals surface area (Å²) in [5.41, 5.74) is 2.59. The van der Waals surface area contributed by atoms with E-state index in [9.17, 15) is 0 Å². The molecule has 1 aliphatic rings. The minimum absolute atomic E-state index is 0.462. The van der Waals surface area contributed by atoms with E-state index in [2.05, 4.69) is 59.9 Å². The number of thioether (sulfide) groups is 1. The summed E-state index contributed by atoms with van der Waals surface area (Å²) < 4.78 is 6.71. The minimum atomic E-state index is 0.462. The lowest BCUT2D eigenvalue weighted by atomic mass is 9.97. The van der Waals surface area contributed by atoms with Crippen molar-refractivity contribution in [1.29, 1.82) is 0 Å². The zero-order valence-electron chi connectivity index (χ0n) is 14.5. The fraction of sp³-hybridized carbons (Fsp3) is 0.227. The van der Waals surface area contributed by atoms with Gasteiger partial charge >= 0.3 is 0 Å². The molecule has 4 heteroatoms. The lowest BCUT2D eigenvalue weighted by molar-refractivity contribution is 0.223. The van der Waals surface area contributed by atoms with Gasteiger partial charge in [-0.3, -0.25) is 0 Å². The van der Waals surface area contributed by atoms with Gasteiger partial charge in [0, 0.05) is 18.2 Å². The molecule has 0 radical (unpaired) electrons. The van der Waals surface area contributed by atoms with Crippen molar-refractivity contribution in [2.24, 2.45) is 5.92 Å². The first-order valence-corrected chi connectivity index (χ1v) is 10.3. The summed E-state index contributed by atoms with van der Waals surface area (Å²) in [4.78, 5) is 0. The second-order valence-corrected chi connectivity index (χ2v) is 8.28. The summed E-state index contributed by atoms with van der Waals surface area (Å²) in [5.74, 6) is 2.38. The van der Waals surface area contributed by atoms with Gasteiger partial charge < -0.3 is 10.1 Å². The van der Waals surface area contributed by atoms with Crippen molar-refractivity contribution in [3.63, 3.8) is 0 Å². The van der Waals surface area contributed by atoms with E-state index in [1.807, 2.05) is 12.1 Å². The van der Waals surface area contributed by atoms with E-state index in [0.29, 0.717) is 5.92 Å². The van der Waals surface area contributed by atoms with Crippen LogP contribution in [0.25, 0.3) is 10.8 Å². The maximum atomic E-state index is 5.85. The number of nitrogens with one attached hydrogen (secondary N) is 1. The molecular formula is C22H21NOS2. The molecular weight excluding hydrogens is 358 g/mol. The zero-order valence-corrected chi connectivity index (χ0v) is 16.1. The lowest BCUT2D eigenvalue weighted by Crippen LogP contribution is -2.33. The molecule has 1 heterocycles. The number of hydrogen-bond donors (Lipinski definition) is 1. The highest BCUT2D eigenvalue weighted by Crippen LogP contribution is 2.26. The van der Waals surface area contributed by atoms with Crippen molar-refractivity contribution >= 4 is 39.1 Å². The molecule has 0 bridgehead atoms. The highest BCUT2D eigenvalue weighted by molar-refractivity contribution is 8.22. The summed E-state index contributed by atoms with van der Waals surface area (Å²) in [6.07, 6.45) is 1.04. The van der Waals surface area contributed by atoms with Crippen LogP contribution in [0.1, 0.15) is 11.1 Å². The Morgan fingerprint density at radius 1 is 1.04 bits per heavy atom. The van der Waals surface area contributed by atoms with Crippen LogP contribution >= 0.6 is 24.0 Å². The van der Waals surface area contributed by atoms with Crippen molar-refractivity contribution < 1.29 is 4.74 Å². The molecule has 0 aromatic heterocycles. The Kier molecular flexibility index (Phi) is 5.42. The van der Waals surface area contributed by atoms with Gasteiger partial charge in [-0.2, -0.15) is 0 Å². The fourth-order valence-corrected chi connectivity index (χ4v) is 4.20. The summed E-state index contributed by atoms with van der Waals surface area (Å²) in [6.45, 7) is 1.61. The molecule has 0 saturated heterocycles. The number of thiocarbonyl (C=S) groups is 1. The first-order valence-electron chi connectivity index (χ1n) is 8.87. The molecule has 0 fully saturated rings. The minimum Gasteiger partial charge on any atom is -0.493 e. The normalized spacial score (nSPS) is 15.9. The van der Waals surface area contributed by atoms with Gasteiger partial charge in [-0.15, -0.1) is 0 Å². The molecule has 1 N–H and O–H groups in total. The molecule has 2 nitrogen and oxygen atoms in total. The zero-order chi connectivity index (χ0) is 17.8. The topological polar surface area (TPSA) is 21.3 Å². The summed E-state index contributed by atoms with van der Waals surface area (Å²) in [5, 5.41) is 5.96. The highest BCUT2D eigenvalue weighted by atomic mass is 32.2. The van der Waals surface area contributed by atoms with Gasteiger partial charge in [-0.1, -0.05) is 84.6 Å². The van der Waals surface area contributed by atoms with Crippen molar-refractivity contribution in [2.75, 3.05) is 13.2 Å². The first kappa shape index (κ1) is 17.4. The lowest BCUT2D eigenvalue weighted by Gasteiger charge is -2.25. The Balaban J connectivity index is 1.26. The molecule has 4 rings (SSSR count). The predicted octanol–water partition coefficient (Wildman–Crippen LogP) is 5.20. The second kappa shape index (κ2) is 8.11. The van der Waals surface area contributed by atoms with E-state index in [0.717, 1.165) is 35.4 Å². The van der Waals surface area contributed by atoms with Gasteiger partial charge in [-0.25, -0.2) is 0 Å². The number of rotatable bonds is 4. The summed E-state index contributed by atoms with van der Waals surface area (Å²) >= 11 is 7.20. The van der Waals surface area contributed by atoms with Crippen LogP contribution < -0.4 is 10.1 Å². The summed E-state index contributed by atoms with van der Waals surface area (Å²) in [7, 11) is 0. The Bertz CT molecular complexity index is 925. The van der Waals surface area contributed by atoms with E-state index in [1.54, 1.807) is 11.8 Å². The molecule has 0 aliphatic carbocycles. The predicted molar refractivity (Wildman–Crippen MR) is 115 cm³/mol. The van der Waals surface area contributed by atoms with Gasteiger partial charge in [0.1, 0.15) is 10.1 Å². The molecule has 0 saturated carbocycles. The van der Waals surface area contributed by atoms with Crippen LogP contribution in [0.5, 0.6) is 5.75 Å². The van der Waals surface area contributed by atoms with Crippen LogP contribution in [0.15, 0.2) is 66.7 Å². The molecule has 1 aliphatic heterocycles. The second-order valence-electron chi connectivity index (χ2n) is 6.63. The first-order chi connectivity index (χ1) is 12.8. The van der Waals surface area contributed by atoms with Crippen LogP contribution in [0.3, 0.4) is 0 Å². The Morgan fingerprint density at radius 2 is 1.85 bits per heavy atom. The Morgan fingerprint density at radius 3 is 2.77 bits per heavy atom. The van der Waals surface area contributed by atoms with E-state index < -0.39 is 0 Å². The van der Waals surface area contributed by atoms with Crippen LogP contribution in [0.2, 0.25) is 0 Å². The van der Waals surface area contributed by atoms with E-state index in [1.165, 1.54) is 21.9 Å². The molecule has 132 valence electrons. The van der Waals surface area contributed by atoms with Crippen LogP contribution in [-0.2, 0) is 12.2 Å². The van der Waals surface area contributed by atoms with Gasteiger partial charge in [0.15, 0.2) is 0 Å². The molecule has 3 aromatic rings. The van der Waals surface area contributed by atoms with Gasteiger partial charge in [0.2, 0.25) is 0 Å². The molecule has 1 unspecified atom stereocenters. The van der Waals surface area contributed by atoms with E-state index in [4.69, 9.17) is 17.0 Å². The summed E-state index contributed by atoms with van der Waals surface area (Å²) in [6, 6.07) is 23.3. The number of benzene rings is 3. The Hall–Kier alpha value is -2.04. The molecule has 0 spiro atoms. The number of hydrogen-bond acceptors (Lipinski definition) is 3. The average molecular weight is 380 g/mol. The molecule has 26 heavy (non-hydrogen) atoms. The van der Waals surface area contributed by atoms with E-state index in [-0.39, 0.29) is 0 Å². The SMILES string of the molecule is S=C(NCC1COc2ccccc2C1)SCc1ccc2ccccc2c1. The molecule has 3 aromatic carbocycles. The number of fused-ring (bicyclic) bond motifs is 2. The smallest absolute Gasteiger partial charge is 0.134 e. The van der Waals surface area contributed by atoms with Crippen LogP contribution in [0.4, 0.5) is 0 Å². The quantitative estimate of drug-likeness (QED) is 0.629. The maximum Gasteiger partial charge on any atom is 0.134 e. The maximum absolute atomic E-state index is 5.85. The molecule has 0 amide bonds. The number of para-hydroxylation sites is 1. The Labute approximate surface area is 163 Å². The van der Waals surface area contributed by atoms with Gasteiger partial charge in [-0.05, 0) is 34.4 Å². The van der Waals surface area contributed by atoms with Crippen molar-refractivity contribution in [3.8, 4) is 5.75 Å². The third-order valence-electron chi connectivity index (χ3n) is 4.67. The van der Waals surface area contributed by atoms with Crippen LogP contribution in [0, 0.1) is 5.92 Å². The van der Waals surface area contributed by atoms with Crippen LogP contribution in [-0.4, -0.2) is 17.5 Å². The number of ether oxygens (including phenoxy) is 1. The van der Waals surface area contributed by atoms with Crippen molar-refractivity contribution in [2.45, 2.75) is 12.2 Å². The van der Waals surface area contributed by atoms with Crippen molar-refractivity contribution in [3.05, 3.63) is 77.9 Å². The monoisotopic (exact) mass is 379 g/mol. The van der Waals surface area contributed by atoms with Gasteiger partial charge in [0.05, 0.1) is 6.61 Å². The highest BCUT2D eigenvalue weighted by Gasteiger charge is 2.19. The van der Waals surface area contributed by atoms with Gasteiger partial charge in [0.25, 0.3) is 0 Å². The standard InChI is InChI=1S/C22H21NOS2/c25-22(23-13-17-12-20-7-3-4-8-21(20)24-14-17)26-15-16-9-10-18-5-1-2-6-19(18)11-16/h1-11,17H,12-15H2,(H,23,25). The molecule has 1 atom stereocenters. The fourth-order valence-electron chi connectivity index (χ4n) is 3.28. The third kappa shape index (κ3) is 4.19. The third-order valence-corrected chi connectivity index (χ3v) is 6.06. The van der Waals surface area contributed by atoms with E-state index >= 15 is 0 Å².